The molecule has 0 bridgehead atoms. The molecule has 1 atom stereocenters. The zero-order valence-electron chi connectivity index (χ0n) is 16.4. The van der Waals surface area contributed by atoms with Crippen molar-refractivity contribution in [3.05, 3.63) is 59.2 Å². The Morgan fingerprint density at radius 1 is 1.21 bits per heavy atom. The normalized spacial score (nSPS) is 17.9. The summed E-state index contributed by atoms with van der Waals surface area (Å²) in [5.41, 5.74) is 4.31. The zero-order chi connectivity index (χ0) is 20.3. The number of anilines is 1. The van der Waals surface area contributed by atoms with E-state index in [2.05, 4.69) is 18.3 Å². The molecule has 0 amide bonds. The Balaban J connectivity index is 1.84. The lowest BCUT2D eigenvalue weighted by molar-refractivity contribution is 0.332. The lowest BCUT2D eigenvalue weighted by Gasteiger charge is -2.31. The van der Waals surface area contributed by atoms with Crippen LogP contribution >= 0.6 is 12.2 Å². The molecule has 2 aromatic rings. The first-order valence-corrected chi connectivity index (χ1v) is 11.5. The Bertz CT molecular complexity index is 956. The first-order chi connectivity index (χ1) is 13.3. The highest BCUT2D eigenvalue weighted by Gasteiger charge is 2.33. The van der Waals surface area contributed by atoms with Crippen LogP contribution in [-0.4, -0.2) is 43.1 Å². The van der Waals surface area contributed by atoms with Crippen molar-refractivity contribution in [1.82, 2.24) is 4.90 Å². The Hall–Kier alpha value is -2.12. The summed E-state index contributed by atoms with van der Waals surface area (Å²) >= 11 is 5.72. The van der Waals surface area contributed by atoms with Crippen LogP contribution < -0.4 is 10.1 Å². The van der Waals surface area contributed by atoms with Crippen LogP contribution in [0.2, 0.25) is 0 Å². The molecular formula is C21H26N2O3S2. The standard InChI is InChI=1S/C21H26N2O3S2/c1-15-5-4-6-20(16(15)2)22-21(27)23(18-11-12-28(24,25)14-18)13-17-7-9-19(26-3)10-8-17/h4-10,18H,11-14H2,1-3H3,(H,22,27)/t18-/m0/s1. The van der Waals surface area contributed by atoms with E-state index in [4.69, 9.17) is 17.0 Å². The summed E-state index contributed by atoms with van der Waals surface area (Å²) in [6, 6.07) is 13.7. The van der Waals surface area contributed by atoms with Crippen molar-refractivity contribution < 1.29 is 13.2 Å². The van der Waals surface area contributed by atoms with Crippen LogP contribution in [-0.2, 0) is 16.4 Å². The van der Waals surface area contributed by atoms with Gasteiger partial charge in [-0.05, 0) is 67.4 Å². The molecule has 5 nitrogen and oxygen atoms in total. The molecule has 1 N–H and O–H groups in total. The fourth-order valence-corrected chi connectivity index (χ4v) is 5.44. The molecule has 1 saturated heterocycles. The van der Waals surface area contributed by atoms with Gasteiger partial charge in [0.15, 0.2) is 14.9 Å². The Morgan fingerprint density at radius 3 is 2.54 bits per heavy atom. The summed E-state index contributed by atoms with van der Waals surface area (Å²) < 4.78 is 29.3. The fourth-order valence-electron chi connectivity index (χ4n) is 3.39. The Kier molecular flexibility index (Phi) is 6.25. The van der Waals surface area contributed by atoms with Gasteiger partial charge in [0.2, 0.25) is 0 Å². The van der Waals surface area contributed by atoms with Gasteiger partial charge in [-0.1, -0.05) is 24.3 Å². The van der Waals surface area contributed by atoms with Crippen LogP contribution in [0.5, 0.6) is 5.75 Å². The maximum Gasteiger partial charge on any atom is 0.174 e. The molecule has 0 unspecified atom stereocenters. The molecule has 1 aliphatic heterocycles. The molecule has 0 aliphatic carbocycles. The molecule has 1 fully saturated rings. The fraction of sp³-hybridized carbons (Fsp3) is 0.381. The minimum atomic E-state index is -3.01. The molecule has 28 heavy (non-hydrogen) atoms. The SMILES string of the molecule is COc1ccc(CN(C(=S)Nc2cccc(C)c2C)[C@H]2CCS(=O)(=O)C2)cc1. The van der Waals surface area contributed by atoms with Gasteiger partial charge in [-0.3, -0.25) is 0 Å². The predicted molar refractivity (Wildman–Crippen MR) is 118 cm³/mol. The molecular weight excluding hydrogens is 392 g/mol. The van der Waals surface area contributed by atoms with Crippen molar-refractivity contribution in [3.63, 3.8) is 0 Å². The van der Waals surface area contributed by atoms with Gasteiger partial charge in [0.05, 0.1) is 18.6 Å². The van der Waals surface area contributed by atoms with Gasteiger partial charge in [0.25, 0.3) is 0 Å². The van der Waals surface area contributed by atoms with Crippen LogP contribution in [0.15, 0.2) is 42.5 Å². The minimum absolute atomic E-state index is 0.128. The first kappa shape index (κ1) is 20.6. The van der Waals surface area contributed by atoms with Gasteiger partial charge in [0.1, 0.15) is 5.75 Å². The third kappa shape index (κ3) is 4.83. The maximum absolute atomic E-state index is 12.1. The molecule has 150 valence electrons. The van der Waals surface area contributed by atoms with E-state index >= 15 is 0 Å². The Morgan fingerprint density at radius 2 is 1.93 bits per heavy atom. The average molecular weight is 419 g/mol. The monoisotopic (exact) mass is 418 g/mol. The molecule has 7 heteroatoms. The minimum Gasteiger partial charge on any atom is -0.497 e. The number of benzene rings is 2. The lowest BCUT2D eigenvalue weighted by Crippen LogP contribution is -2.43. The third-order valence-corrected chi connectivity index (χ3v) is 7.36. The van der Waals surface area contributed by atoms with Gasteiger partial charge < -0.3 is 15.0 Å². The van der Waals surface area contributed by atoms with E-state index in [1.165, 1.54) is 5.56 Å². The summed E-state index contributed by atoms with van der Waals surface area (Å²) in [5.74, 6) is 1.13. The highest BCUT2D eigenvalue weighted by atomic mass is 32.2. The quantitative estimate of drug-likeness (QED) is 0.747. The van der Waals surface area contributed by atoms with Crippen LogP contribution in [0.25, 0.3) is 0 Å². The Labute approximate surface area is 172 Å². The van der Waals surface area contributed by atoms with Gasteiger partial charge >= 0.3 is 0 Å². The predicted octanol–water partition coefficient (Wildman–Crippen LogP) is 3.70. The molecule has 0 aromatic heterocycles. The zero-order valence-corrected chi connectivity index (χ0v) is 18.1. The van der Waals surface area contributed by atoms with E-state index < -0.39 is 9.84 Å². The van der Waals surface area contributed by atoms with E-state index in [0.717, 1.165) is 22.6 Å². The number of aryl methyl sites for hydroxylation is 1. The van der Waals surface area contributed by atoms with Gasteiger partial charge in [0, 0.05) is 18.3 Å². The molecule has 0 spiro atoms. The lowest BCUT2D eigenvalue weighted by atomic mass is 10.1. The third-order valence-electron chi connectivity index (χ3n) is 5.27. The van der Waals surface area contributed by atoms with E-state index in [0.29, 0.717) is 18.1 Å². The van der Waals surface area contributed by atoms with Gasteiger partial charge in [-0.2, -0.15) is 0 Å². The van der Waals surface area contributed by atoms with Gasteiger partial charge in [-0.25, -0.2) is 8.42 Å². The first-order valence-electron chi connectivity index (χ1n) is 9.26. The van der Waals surface area contributed by atoms with Crippen molar-refractivity contribution in [2.45, 2.75) is 32.9 Å². The highest BCUT2D eigenvalue weighted by Crippen LogP contribution is 2.24. The number of sulfone groups is 1. The van der Waals surface area contributed by atoms with Crippen molar-refractivity contribution in [2.75, 3.05) is 23.9 Å². The molecule has 1 aliphatic rings. The van der Waals surface area contributed by atoms with Crippen LogP contribution in [0.4, 0.5) is 5.69 Å². The summed E-state index contributed by atoms with van der Waals surface area (Å²) in [6.45, 7) is 4.65. The molecule has 3 rings (SSSR count). The number of rotatable bonds is 5. The van der Waals surface area contributed by atoms with Crippen molar-refractivity contribution in [1.29, 1.82) is 0 Å². The highest BCUT2D eigenvalue weighted by molar-refractivity contribution is 7.91. The number of hydrogen-bond acceptors (Lipinski definition) is 4. The average Bonchev–Trinajstić information content (AvgIpc) is 3.03. The van der Waals surface area contributed by atoms with E-state index in [1.54, 1.807) is 7.11 Å². The summed E-state index contributed by atoms with van der Waals surface area (Å²) in [4.78, 5) is 2.00. The van der Waals surface area contributed by atoms with Crippen molar-refractivity contribution in [2.24, 2.45) is 0 Å². The molecule has 2 aromatic carbocycles. The molecule has 1 heterocycles. The molecule has 0 radical (unpaired) electrons. The van der Waals surface area contributed by atoms with Crippen LogP contribution in [0.1, 0.15) is 23.1 Å². The van der Waals surface area contributed by atoms with Crippen LogP contribution in [0, 0.1) is 13.8 Å². The van der Waals surface area contributed by atoms with E-state index in [1.807, 2.05) is 48.2 Å². The van der Waals surface area contributed by atoms with E-state index in [-0.39, 0.29) is 17.5 Å². The maximum atomic E-state index is 12.1. The largest absolute Gasteiger partial charge is 0.497 e. The summed E-state index contributed by atoms with van der Waals surface area (Å²) in [6.07, 6.45) is 0.590. The second-order valence-corrected chi connectivity index (χ2v) is 9.83. The topological polar surface area (TPSA) is 58.6 Å². The van der Waals surface area contributed by atoms with E-state index in [9.17, 15) is 8.42 Å². The van der Waals surface area contributed by atoms with Crippen LogP contribution in [0.3, 0.4) is 0 Å². The second kappa shape index (κ2) is 8.49. The van der Waals surface area contributed by atoms with Crippen molar-refractivity contribution in [3.8, 4) is 5.75 Å². The number of thiocarbonyl (C=S) groups is 1. The number of hydrogen-bond donors (Lipinski definition) is 1. The summed E-state index contributed by atoms with van der Waals surface area (Å²) in [7, 11) is -1.38. The number of nitrogens with one attached hydrogen (secondary N) is 1. The number of ether oxygens (including phenoxy) is 1. The second-order valence-electron chi connectivity index (χ2n) is 7.21. The smallest absolute Gasteiger partial charge is 0.174 e. The number of methoxy groups -OCH3 is 1. The van der Waals surface area contributed by atoms with Crippen molar-refractivity contribution >= 4 is 32.9 Å². The summed E-state index contributed by atoms with van der Waals surface area (Å²) in [5, 5.41) is 3.88. The number of nitrogens with zero attached hydrogens (tertiary/aromatic N) is 1. The molecule has 0 saturated carbocycles. The van der Waals surface area contributed by atoms with Gasteiger partial charge in [-0.15, -0.1) is 0 Å².